The third-order valence-electron chi connectivity index (χ3n) is 2.42. The summed E-state index contributed by atoms with van der Waals surface area (Å²) in [6, 6.07) is 8.18. The highest BCUT2D eigenvalue weighted by Crippen LogP contribution is 2.25. The second-order valence-electron chi connectivity index (χ2n) is 3.77. The molecule has 0 fully saturated rings. The molecule has 0 aliphatic heterocycles. The van der Waals surface area contributed by atoms with Crippen molar-refractivity contribution in [2.75, 3.05) is 5.75 Å². The number of thioether (sulfide) groups is 1. The molecular formula is C12H14BrN3S. The molecule has 1 heterocycles. The number of hydrogen-bond acceptors (Lipinski definition) is 3. The quantitative estimate of drug-likeness (QED) is 0.883. The highest BCUT2D eigenvalue weighted by Gasteiger charge is 2.11. The van der Waals surface area contributed by atoms with Gasteiger partial charge in [0.25, 0.3) is 0 Å². The molecule has 0 aliphatic rings. The third-order valence-corrected chi connectivity index (χ3v) is 4.02. The van der Waals surface area contributed by atoms with Crippen molar-refractivity contribution < 1.29 is 0 Å². The SMILES string of the molecule is Cn1ccnc1C(N)CSc1cccc(Br)c1. The minimum absolute atomic E-state index is 0.0426. The maximum Gasteiger partial charge on any atom is 0.126 e. The summed E-state index contributed by atoms with van der Waals surface area (Å²) >= 11 is 5.20. The first-order valence-corrected chi connectivity index (χ1v) is 7.06. The van der Waals surface area contributed by atoms with Crippen LogP contribution in [-0.2, 0) is 7.05 Å². The van der Waals surface area contributed by atoms with Crippen molar-refractivity contribution in [2.24, 2.45) is 12.8 Å². The Hall–Kier alpha value is -0.780. The third kappa shape index (κ3) is 3.34. The molecule has 5 heteroatoms. The first kappa shape index (κ1) is 12.7. The van der Waals surface area contributed by atoms with Gasteiger partial charge in [0.1, 0.15) is 5.82 Å². The summed E-state index contributed by atoms with van der Waals surface area (Å²) in [5.74, 6) is 1.74. The zero-order valence-corrected chi connectivity index (χ0v) is 11.9. The van der Waals surface area contributed by atoms with E-state index in [0.717, 1.165) is 16.0 Å². The van der Waals surface area contributed by atoms with E-state index in [1.54, 1.807) is 18.0 Å². The lowest BCUT2D eigenvalue weighted by Crippen LogP contribution is -2.17. The van der Waals surface area contributed by atoms with Crippen LogP contribution in [0.4, 0.5) is 0 Å². The van der Waals surface area contributed by atoms with Crippen LogP contribution in [0, 0.1) is 0 Å². The number of nitrogens with zero attached hydrogens (tertiary/aromatic N) is 2. The van der Waals surface area contributed by atoms with Crippen LogP contribution in [-0.4, -0.2) is 15.3 Å². The average Bonchev–Trinajstić information content (AvgIpc) is 2.72. The maximum atomic E-state index is 6.11. The number of hydrogen-bond donors (Lipinski definition) is 1. The van der Waals surface area contributed by atoms with E-state index in [2.05, 4.69) is 33.0 Å². The Balaban J connectivity index is 1.97. The molecule has 1 aromatic heterocycles. The smallest absolute Gasteiger partial charge is 0.126 e. The van der Waals surface area contributed by atoms with Gasteiger partial charge in [-0.05, 0) is 18.2 Å². The molecule has 2 rings (SSSR count). The molecule has 0 saturated heterocycles. The van der Waals surface area contributed by atoms with E-state index in [4.69, 9.17) is 5.73 Å². The highest BCUT2D eigenvalue weighted by atomic mass is 79.9. The largest absolute Gasteiger partial charge is 0.337 e. The van der Waals surface area contributed by atoms with Crippen molar-refractivity contribution in [3.63, 3.8) is 0 Å². The van der Waals surface area contributed by atoms with E-state index >= 15 is 0 Å². The first-order chi connectivity index (χ1) is 8.16. The second kappa shape index (κ2) is 5.71. The van der Waals surface area contributed by atoms with Gasteiger partial charge in [0.15, 0.2) is 0 Å². The summed E-state index contributed by atoms with van der Waals surface area (Å²) in [7, 11) is 1.96. The van der Waals surface area contributed by atoms with E-state index in [1.807, 2.05) is 29.9 Å². The van der Waals surface area contributed by atoms with E-state index in [-0.39, 0.29) is 6.04 Å². The lowest BCUT2D eigenvalue weighted by molar-refractivity contribution is 0.694. The molecule has 1 aromatic carbocycles. The van der Waals surface area contributed by atoms with Crippen molar-refractivity contribution in [1.29, 1.82) is 0 Å². The highest BCUT2D eigenvalue weighted by molar-refractivity contribution is 9.10. The lowest BCUT2D eigenvalue weighted by Gasteiger charge is -2.11. The molecule has 0 spiro atoms. The molecule has 3 nitrogen and oxygen atoms in total. The minimum Gasteiger partial charge on any atom is -0.337 e. The molecule has 0 aliphatic carbocycles. The molecule has 2 aromatic rings. The molecule has 0 radical (unpaired) electrons. The molecule has 2 N–H and O–H groups in total. The van der Waals surface area contributed by atoms with E-state index in [9.17, 15) is 0 Å². The predicted octanol–water partition coefficient (Wildman–Crippen LogP) is 2.97. The fraction of sp³-hybridized carbons (Fsp3) is 0.250. The summed E-state index contributed by atoms with van der Waals surface area (Å²) in [5, 5.41) is 0. The van der Waals surface area contributed by atoms with Crippen LogP contribution >= 0.6 is 27.7 Å². The number of nitrogens with two attached hydrogens (primary N) is 1. The van der Waals surface area contributed by atoms with Gasteiger partial charge in [0, 0.05) is 34.6 Å². The Labute approximate surface area is 114 Å². The van der Waals surface area contributed by atoms with Crippen LogP contribution in [0.15, 0.2) is 46.0 Å². The van der Waals surface area contributed by atoms with Crippen molar-refractivity contribution in [1.82, 2.24) is 9.55 Å². The molecule has 1 unspecified atom stereocenters. The summed E-state index contributed by atoms with van der Waals surface area (Å²) in [6.07, 6.45) is 3.69. The molecule has 17 heavy (non-hydrogen) atoms. The number of imidazole rings is 1. The van der Waals surface area contributed by atoms with Crippen molar-refractivity contribution in [2.45, 2.75) is 10.9 Å². The van der Waals surface area contributed by atoms with Crippen LogP contribution in [0.1, 0.15) is 11.9 Å². The fourth-order valence-electron chi connectivity index (χ4n) is 1.55. The lowest BCUT2D eigenvalue weighted by atomic mass is 10.3. The number of rotatable bonds is 4. The molecule has 1 atom stereocenters. The summed E-state index contributed by atoms with van der Waals surface area (Å²) in [5.41, 5.74) is 6.11. The Morgan fingerprint density at radius 3 is 3.00 bits per heavy atom. The Morgan fingerprint density at radius 2 is 2.35 bits per heavy atom. The topological polar surface area (TPSA) is 43.8 Å². The van der Waals surface area contributed by atoms with Crippen molar-refractivity contribution in [3.05, 3.63) is 47.0 Å². The fourth-order valence-corrected chi connectivity index (χ4v) is 3.01. The van der Waals surface area contributed by atoms with Gasteiger partial charge in [-0.25, -0.2) is 4.98 Å². The van der Waals surface area contributed by atoms with Gasteiger partial charge >= 0.3 is 0 Å². The number of aromatic nitrogens is 2. The van der Waals surface area contributed by atoms with Crippen LogP contribution in [0.2, 0.25) is 0 Å². The predicted molar refractivity (Wildman–Crippen MR) is 75.0 cm³/mol. The Bertz CT molecular complexity index is 498. The van der Waals surface area contributed by atoms with Crippen LogP contribution in [0.25, 0.3) is 0 Å². The van der Waals surface area contributed by atoms with Crippen molar-refractivity contribution in [3.8, 4) is 0 Å². The van der Waals surface area contributed by atoms with Crippen LogP contribution < -0.4 is 5.73 Å². The van der Waals surface area contributed by atoms with Gasteiger partial charge in [0.2, 0.25) is 0 Å². The normalized spacial score (nSPS) is 12.6. The maximum absolute atomic E-state index is 6.11. The standard InChI is InChI=1S/C12H14BrN3S/c1-16-6-5-15-12(16)11(14)8-17-10-4-2-3-9(13)7-10/h2-7,11H,8,14H2,1H3. The van der Waals surface area contributed by atoms with Crippen LogP contribution in [0.5, 0.6) is 0 Å². The van der Waals surface area contributed by atoms with Gasteiger partial charge in [-0.1, -0.05) is 22.0 Å². The zero-order chi connectivity index (χ0) is 12.3. The molecule has 90 valence electrons. The van der Waals surface area contributed by atoms with E-state index < -0.39 is 0 Å². The monoisotopic (exact) mass is 311 g/mol. The summed E-state index contributed by atoms with van der Waals surface area (Å²) in [6.45, 7) is 0. The number of aryl methyl sites for hydroxylation is 1. The first-order valence-electron chi connectivity index (χ1n) is 5.28. The number of benzene rings is 1. The van der Waals surface area contributed by atoms with Gasteiger partial charge < -0.3 is 10.3 Å². The van der Waals surface area contributed by atoms with E-state index in [0.29, 0.717) is 0 Å². The average molecular weight is 312 g/mol. The molecule has 0 saturated carbocycles. The molecular weight excluding hydrogens is 298 g/mol. The molecule has 0 amide bonds. The Kier molecular flexibility index (Phi) is 4.25. The van der Waals surface area contributed by atoms with Crippen molar-refractivity contribution >= 4 is 27.7 Å². The molecule has 0 bridgehead atoms. The zero-order valence-electron chi connectivity index (χ0n) is 9.51. The second-order valence-corrected chi connectivity index (χ2v) is 5.78. The van der Waals surface area contributed by atoms with Crippen LogP contribution in [0.3, 0.4) is 0 Å². The van der Waals surface area contributed by atoms with Gasteiger partial charge in [-0.2, -0.15) is 0 Å². The van der Waals surface area contributed by atoms with E-state index in [1.165, 1.54) is 4.90 Å². The summed E-state index contributed by atoms with van der Waals surface area (Å²) in [4.78, 5) is 5.47. The number of halogens is 1. The van der Waals surface area contributed by atoms with Gasteiger partial charge in [0.05, 0.1) is 6.04 Å². The van der Waals surface area contributed by atoms with Gasteiger partial charge in [-0.3, -0.25) is 0 Å². The minimum atomic E-state index is -0.0426. The van der Waals surface area contributed by atoms with Gasteiger partial charge in [-0.15, -0.1) is 11.8 Å². The Morgan fingerprint density at radius 1 is 1.53 bits per heavy atom. The summed E-state index contributed by atoms with van der Waals surface area (Å²) < 4.78 is 3.06.